The molecular formula is C25H22N2O3. The van der Waals surface area contributed by atoms with E-state index >= 15 is 0 Å². The summed E-state index contributed by atoms with van der Waals surface area (Å²) in [6.07, 6.45) is 0.968. The van der Waals surface area contributed by atoms with Gasteiger partial charge in [-0.25, -0.2) is 5.53 Å². The van der Waals surface area contributed by atoms with Gasteiger partial charge in [0.05, 0.1) is 20.5 Å². The minimum atomic E-state index is -0.726. The number of nitrogens with one attached hydrogen (secondary N) is 1. The molecule has 1 aliphatic heterocycles. The third-order valence-electron chi connectivity index (χ3n) is 5.08. The first-order valence-electron chi connectivity index (χ1n) is 9.56. The second kappa shape index (κ2) is 8.66. The zero-order valence-corrected chi connectivity index (χ0v) is 16.8. The van der Waals surface area contributed by atoms with E-state index < -0.39 is 6.23 Å². The average molecular weight is 398 g/mol. The SMILES string of the molecule is COc1ccc(C2=COC(N=N)C(c3ccc(OC)cc3)=C2c2ccccc2)cc1. The van der Waals surface area contributed by atoms with Gasteiger partial charge in [0.1, 0.15) is 11.5 Å². The molecule has 4 rings (SSSR count). The number of hydrogen-bond acceptors (Lipinski definition) is 5. The highest BCUT2D eigenvalue weighted by Gasteiger charge is 2.28. The van der Waals surface area contributed by atoms with Gasteiger partial charge in [-0.1, -0.05) is 54.6 Å². The average Bonchev–Trinajstić information content (AvgIpc) is 2.83. The Bertz CT molecular complexity index is 1090. The Morgan fingerprint density at radius 2 is 1.30 bits per heavy atom. The van der Waals surface area contributed by atoms with Crippen molar-refractivity contribution >= 4 is 16.7 Å². The molecule has 1 unspecified atom stereocenters. The van der Waals surface area contributed by atoms with Crippen LogP contribution in [0.2, 0.25) is 0 Å². The number of methoxy groups -OCH3 is 2. The Morgan fingerprint density at radius 3 is 1.83 bits per heavy atom. The lowest BCUT2D eigenvalue weighted by molar-refractivity contribution is 0.193. The van der Waals surface area contributed by atoms with Gasteiger partial charge in [0.15, 0.2) is 0 Å². The van der Waals surface area contributed by atoms with E-state index in [1.807, 2.05) is 66.7 Å². The van der Waals surface area contributed by atoms with Crippen molar-refractivity contribution in [2.45, 2.75) is 6.23 Å². The minimum Gasteiger partial charge on any atom is -0.497 e. The van der Waals surface area contributed by atoms with Gasteiger partial charge in [0.25, 0.3) is 0 Å². The topological polar surface area (TPSA) is 63.9 Å². The first-order valence-corrected chi connectivity index (χ1v) is 9.56. The molecule has 3 aromatic rings. The summed E-state index contributed by atoms with van der Waals surface area (Å²) in [4.78, 5) is 0. The molecule has 1 heterocycles. The second-order valence-electron chi connectivity index (χ2n) is 6.76. The molecule has 1 atom stereocenters. The second-order valence-corrected chi connectivity index (χ2v) is 6.76. The normalized spacial score (nSPS) is 15.8. The molecule has 5 heteroatoms. The summed E-state index contributed by atoms with van der Waals surface area (Å²) in [6, 6.07) is 25.7. The van der Waals surface area contributed by atoms with E-state index in [4.69, 9.17) is 19.7 Å². The molecule has 0 aliphatic carbocycles. The van der Waals surface area contributed by atoms with Crippen molar-refractivity contribution in [1.29, 1.82) is 5.53 Å². The standard InChI is InChI=1S/C25H22N2O3/c1-28-20-12-8-17(9-13-20)22-16-30-25(27-26)24(19-10-14-21(29-2)15-11-19)23(22)18-6-4-3-5-7-18/h3-16,25-26H,1-2H3. The molecule has 1 aliphatic rings. The molecule has 30 heavy (non-hydrogen) atoms. The lowest BCUT2D eigenvalue weighted by Gasteiger charge is -2.27. The fourth-order valence-electron chi connectivity index (χ4n) is 3.58. The minimum absolute atomic E-state index is 0.726. The molecule has 0 bridgehead atoms. The highest BCUT2D eigenvalue weighted by atomic mass is 16.5. The number of hydrogen-bond donors (Lipinski definition) is 1. The fourth-order valence-corrected chi connectivity index (χ4v) is 3.58. The number of nitrogens with zero attached hydrogens (tertiary/aromatic N) is 1. The Morgan fingerprint density at radius 1 is 0.733 bits per heavy atom. The zero-order chi connectivity index (χ0) is 20.9. The van der Waals surface area contributed by atoms with E-state index in [0.29, 0.717) is 0 Å². The predicted molar refractivity (Wildman–Crippen MR) is 117 cm³/mol. The van der Waals surface area contributed by atoms with Crippen LogP contribution >= 0.6 is 0 Å². The maximum absolute atomic E-state index is 7.73. The fraction of sp³-hybridized carbons (Fsp3) is 0.120. The molecule has 0 fully saturated rings. The third-order valence-corrected chi connectivity index (χ3v) is 5.08. The van der Waals surface area contributed by atoms with Gasteiger partial charge < -0.3 is 14.2 Å². The van der Waals surface area contributed by atoms with Gasteiger partial charge in [-0.3, -0.25) is 0 Å². The molecular weight excluding hydrogens is 376 g/mol. The van der Waals surface area contributed by atoms with Crippen LogP contribution < -0.4 is 9.47 Å². The summed E-state index contributed by atoms with van der Waals surface area (Å²) < 4.78 is 16.5. The summed E-state index contributed by atoms with van der Waals surface area (Å²) in [6.45, 7) is 0. The van der Waals surface area contributed by atoms with Gasteiger partial charge in [-0.15, -0.1) is 5.11 Å². The molecule has 3 aromatic carbocycles. The number of rotatable bonds is 6. The van der Waals surface area contributed by atoms with E-state index in [9.17, 15) is 0 Å². The highest BCUT2D eigenvalue weighted by molar-refractivity contribution is 6.16. The van der Waals surface area contributed by atoms with Crippen molar-refractivity contribution in [3.8, 4) is 11.5 Å². The summed E-state index contributed by atoms with van der Waals surface area (Å²) in [5, 5.41) is 3.75. The van der Waals surface area contributed by atoms with Crippen molar-refractivity contribution in [1.82, 2.24) is 0 Å². The Labute approximate surface area is 175 Å². The summed E-state index contributed by atoms with van der Waals surface area (Å²) in [5.41, 5.74) is 13.4. The maximum atomic E-state index is 7.73. The summed E-state index contributed by atoms with van der Waals surface area (Å²) in [7, 11) is 3.29. The molecule has 150 valence electrons. The molecule has 0 radical (unpaired) electrons. The highest BCUT2D eigenvalue weighted by Crippen LogP contribution is 2.43. The molecule has 1 N–H and O–H groups in total. The Balaban J connectivity index is 1.94. The summed E-state index contributed by atoms with van der Waals surface area (Å²) >= 11 is 0. The summed E-state index contributed by atoms with van der Waals surface area (Å²) in [5.74, 6) is 1.55. The largest absolute Gasteiger partial charge is 0.497 e. The molecule has 0 saturated carbocycles. The van der Waals surface area contributed by atoms with E-state index in [1.54, 1.807) is 20.5 Å². The van der Waals surface area contributed by atoms with Gasteiger partial charge in [-0.05, 0) is 41.0 Å². The molecule has 0 aromatic heterocycles. The van der Waals surface area contributed by atoms with Crippen LogP contribution in [-0.2, 0) is 4.74 Å². The monoisotopic (exact) mass is 398 g/mol. The molecule has 5 nitrogen and oxygen atoms in total. The van der Waals surface area contributed by atoms with Crippen LogP contribution in [0.5, 0.6) is 11.5 Å². The van der Waals surface area contributed by atoms with Crippen molar-refractivity contribution in [3.05, 3.63) is 102 Å². The number of benzene rings is 3. The van der Waals surface area contributed by atoms with Crippen molar-refractivity contribution in [2.24, 2.45) is 5.11 Å². The smallest absolute Gasteiger partial charge is 0.234 e. The predicted octanol–water partition coefficient (Wildman–Crippen LogP) is 6.04. The van der Waals surface area contributed by atoms with Crippen molar-refractivity contribution in [3.63, 3.8) is 0 Å². The van der Waals surface area contributed by atoms with Crippen LogP contribution in [0.15, 0.2) is 90.2 Å². The molecule has 0 saturated heterocycles. The van der Waals surface area contributed by atoms with E-state index in [1.165, 1.54) is 0 Å². The molecule has 0 amide bonds. The number of ether oxygens (including phenoxy) is 3. The van der Waals surface area contributed by atoms with Gasteiger partial charge in [0.2, 0.25) is 6.23 Å². The lowest BCUT2D eigenvalue weighted by atomic mass is 9.85. The number of allylic oxidation sites excluding steroid dienone is 2. The first-order chi connectivity index (χ1) is 14.7. The van der Waals surface area contributed by atoms with Crippen LogP contribution in [-0.4, -0.2) is 20.4 Å². The van der Waals surface area contributed by atoms with Crippen LogP contribution in [0.3, 0.4) is 0 Å². The third kappa shape index (κ3) is 3.70. The van der Waals surface area contributed by atoms with Crippen LogP contribution in [0.25, 0.3) is 16.7 Å². The van der Waals surface area contributed by atoms with Crippen LogP contribution in [0, 0.1) is 5.53 Å². The zero-order valence-electron chi connectivity index (χ0n) is 16.8. The quantitative estimate of drug-likeness (QED) is 0.515. The first kappa shape index (κ1) is 19.5. The van der Waals surface area contributed by atoms with Crippen LogP contribution in [0.1, 0.15) is 16.7 Å². The Hall–Kier alpha value is -3.86. The van der Waals surface area contributed by atoms with E-state index in [0.717, 1.165) is 44.9 Å². The van der Waals surface area contributed by atoms with E-state index in [2.05, 4.69) is 17.2 Å². The van der Waals surface area contributed by atoms with Gasteiger partial charge in [0, 0.05) is 16.7 Å². The maximum Gasteiger partial charge on any atom is 0.234 e. The van der Waals surface area contributed by atoms with Crippen LogP contribution in [0.4, 0.5) is 0 Å². The van der Waals surface area contributed by atoms with Crippen molar-refractivity contribution in [2.75, 3.05) is 14.2 Å². The van der Waals surface area contributed by atoms with Crippen molar-refractivity contribution < 1.29 is 14.2 Å². The van der Waals surface area contributed by atoms with E-state index in [-0.39, 0.29) is 0 Å². The van der Waals surface area contributed by atoms with Gasteiger partial charge in [-0.2, -0.15) is 0 Å². The Kier molecular flexibility index (Phi) is 5.61. The lowest BCUT2D eigenvalue weighted by Crippen LogP contribution is -2.16. The molecule has 0 spiro atoms. The van der Waals surface area contributed by atoms with Gasteiger partial charge >= 0.3 is 0 Å².